The van der Waals surface area contributed by atoms with Crippen LogP contribution in [0.4, 0.5) is 0 Å². The molecule has 2 heterocycles. The summed E-state index contributed by atoms with van der Waals surface area (Å²) in [4.78, 5) is 11.1. The van der Waals surface area contributed by atoms with Crippen LogP contribution in [0.15, 0.2) is 0 Å². The van der Waals surface area contributed by atoms with Crippen molar-refractivity contribution in [1.82, 2.24) is 10.6 Å². The van der Waals surface area contributed by atoms with Crippen LogP contribution in [-0.2, 0) is 4.79 Å². The molecule has 2 fully saturated rings. The largest absolute Gasteiger partial charge is 0.560 e. The van der Waals surface area contributed by atoms with Crippen LogP contribution in [0.1, 0.15) is 12.8 Å². The van der Waals surface area contributed by atoms with Crippen LogP contribution in [0.5, 0.6) is 0 Å². The van der Waals surface area contributed by atoms with E-state index in [4.69, 9.17) is 20.2 Å². The van der Waals surface area contributed by atoms with Crippen molar-refractivity contribution < 1.29 is 25.0 Å². The summed E-state index contributed by atoms with van der Waals surface area (Å²) in [6.45, 7) is -2.03. The fourth-order valence-corrected chi connectivity index (χ4v) is 2.97. The topological polar surface area (TPSA) is 122 Å². The Morgan fingerprint density at radius 2 is 2.06 bits per heavy atom. The molecule has 2 aliphatic rings. The lowest BCUT2D eigenvalue weighted by Crippen LogP contribution is -2.65. The Balaban J connectivity index is 1.95. The lowest BCUT2D eigenvalue weighted by Gasteiger charge is -2.48. The second-order valence-corrected chi connectivity index (χ2v) is 5.13. The number of rotatable bonds is 5. The first-order valence-electron chi connectivity index (χ1n) is 5.88. The lowest BCUT2D eigenvalue weighted by atomic mass is 9.65. The zero-order valence-electron chi connectivity index (χ0n) is 9.46. The minimum atomic E-state index is -3.26. The number of carbonyl (C=O) groups is 1. The number of aliphatic carboxylic acids is 1. The van der Waals surface area contributed by atoms with Crippen molar-refractivity contribution >= 4 is 12.7 Å². The van der Waals surface area contributed by atoms with Gasteiger partial charge >= 0.3 is 12.7 Å². The van der Waals surface area contributed by atoms with Crippen molar-refractivity contribution in [2.24, 2.45) is 5.41 Å². The van der Waals surface area contributed by atoms with Gasteiger partial charge in [0.25, 0.3) is 0 Å². The minimum Gasteiger partial charge on any atom is -0.560 e. The molecule has 0 spiro atoms. The summed E-state index contributed by atoms with van der Waals surface area (Å²) in [7, 11) is 0. The van der Waals surface area contributed by atoms with E-state index in [-0.39, 0.29) is 17.8 Å². The number of carboxylic acid groups (broad SMARTS) is 1. The Labute approximate surface area is 98.8 Å². The van der Waals surface area contributed by atoms with Crippen molar-refractivity contribution in [1.29, 1.82) is 0 Å². The van der Waals surface area contributed by atoms with Gasteiger partial charge in [0, 0.05) is 24.5 Å². The minimum absolute atomic E-state index is 0.110. The summed E-state index contributed by atoms with van der Waals surface area (Å²) in [6.07, 6.45) is 0.841. The van der Waals surface area contributed by atoms with Crippen molar-refractivity contribution in [2.75, 3.05) is 13.1 Å². The molecular formula is C9H18BN2O5-. The fourth-order valence-electron chi connectivity index (χ4n) is 2.97. The highest BCUT2D eigenvalue weighted by atomic mass is 16.5. The van der Waals surface area contributed by atoms with Crippen LogP contribution in [-0.4, -0.2) is 58.1 Å². The maximum Gasteiger partial charge on any atom is 0.371 e. The van der Waals surface area contributed by atoms with Gasteiger partial charge in [-0.15, -0.1) is 0 Å². The highest BCUT2D eigenvalue weighted by molar-refractivity contribution is 6.56. The number of nitrogens with one attached hydrogen (secondary N) is 2. The molecule has 0 unspecified atom stereocenters. The van der Waals surface area contributed by atoms with Gasteiger partial charge < -0.3 is 30.8 Å². The molecule has 0 aromatic heterocycles. The third-order valence-corrected chi connectivity index (χ3v) is 3.95. The van der Waals surface area contributed by atoms with Crippen molar-refractivity contribution in [2.45, 2.75) is 31.2 Å². The first-order chi connectivity index (χ1) is 7.85. The smallest absolute Gasteiger partial charge is 0.371 e. The normalized spacial score (nSPS) is 36.4. The van der Waals surface area contributed by atoms with Gasteiger partial charge in [-0.1, -0.05) is 12.7 Å². The van der Waals surface area contributed by atoms with E-state index in [2.05, 4.69) is 10.6 Å². The number of hydrogen-bond acceptors (Lipinski definition) is 6. The predicted octanol–water partition coefficient (Wildman–Crippen LogP) is -2.30. The molecule has 0 amide bonds. The van der Waals surface area contributed by atoms with Crippen molar-refractivity contribution in [3.63, 3.8) is 0 Å². The van der Waals surface area contributed by atoms with Crippen LogP contribution in [0.3, 0.4) is 0 Å². The van der Waals surface area contributed by atoms with Crippen LogP contribution in [0.25, 0.3) is 0 Å². The van der Waals surface area contributed by atoms with Gasteiger partial charge in [0.2, 0.25) is 0 Å². The highest BCUT2D eigenvalue weighted by Crippen LogP contribution is 2.42. The molecule has 0 aromatic carbocycles. The number of fused-ring (bicyclic) bond motifs is 1. The van der Waals surface area contributed by atoms with Gasteiger partial charge in [0.1, 0.15) is 6.04 Å². The molecule has 6 N–H and O–H groups in total. The van der Waals surface area contributed by atoms with Gasteiger partial charge in [-0.3, -0.25) is 4.79 Å². The molecule has 7 nitrogen and oxygen atoms in total. The fraction of sp³-hybridized carbons (Fsp3) is 0.889. The van der Waals surface area contributed by atoms with Gasteiger partial charge in [-0.2, -0.15) is 0 Å². The number of carboxylic acids is 1. The quantitative estimate of drug-likeness (QED) is 0.301. The molecule has 98 valence electrons. The van der Waals surface area contributed by atoms with E-state index in [1.807, 2.05) is 0 Å². The SMILES string of the molecule is O=C(O)[C@H]1NC[C@@H]2NC[C@@]21CCC[B-](O)(O)O. The Morgan fingerprint density at radius 1 is 1.35 bits per heavy atom. The van der Waals surface area contributed by atoms with Crippen molar-refractivity contribution in [3.8, 4) is 0 Å². The Bertz CT molecular complexity index is 321. The Morgan fingerprint density at radius 3 is 2.53 bits per heavy atom. The first kappa shape index (κ1) is 12.8. The average molecular weight is 245 g/mol. The van der Waals surface area contributed by atoms with Crippen LogP contribution in [0.2, 0.25) is 6.32 Å². The molecule has 0 aliphatic carbocycles. The second-order valence-electron chi connectivity index (χ2n) is 5.13. The highest BCUT2D eigenvalue weighted by Gasteiger charge is 2.58. The van der Waals surface area contributed by atoms with E-state index < -0.39 is 18.8 Å². The number of hydrogen-bond donors (Lipinski definition) is 6. The molecule has 0 aromatic rings. The molecule has 2 saturated heterocycles. The summed E-state index contributed by atoms with van der Waals surface area (Å²) in [6, 6.07) is -0.465. The molecule has 17 heavy (non-hydrogen) atoms. The summed E-state index contributed by atoms with van der Waals surface area (Å²) in [5.41, 5.74) is -0.354. The van der Waals surface area contributed by atoms with Gasteiger partial charge in [-0.05, 0) is 6.42 Å². The van der Waals surface area contributed by atoms with E-state index in [1.54, 1.807) is 0 Å². The monoisotopic (exact) mass is 245 g/mol. The summed E-state index contributed by atoms with van der Waals surface area (Å²) < 4.78 is 0. The van der Waals surface area contributed by atoms with E-state index in [0.717, 1.165) is 0 Å². The standard InChI is InChI=1S/C9H18BN2O5/c13-8(14)7-9(2-1-3-10(15,16)17)5-12-6(9)4-11-7/h6-7,11-12,15-17H,1-5H2,(H,13,14)/q-1/t6-,7+,9-/m0/s1. The molecule has 0 radical (unpaired) electrons. The molecule has 8 heteroatoms. The summed E-state index contributed by atoms with van der Waals surface area (Å²) in [5, 5.41) is 41.8. The molecule has 0 bridgehead atoms. The van der Waals surface area contributed by atoms with E-state index >= 15 is 0 Å². The Kier molecular flexibility index (Phi) is 3.17. The average Bonchev–Trinajstić information content (AvgIpc) is 2.39. The second kappa shape index (κ2) is 4.22. The van der Waals surface area contributed by atoms with Crippen molar-refractivity contribution in [3.05, 3.63) is 0 Å². The third-order valence-electron chi connectivity index (χ3n) is 3.95. The molecule has 2 rings (SSSR count). The molecule has 3 atom stereocenters. The zero-order valence-corrected chi connectivity index (χ0v) is 9.46. The predicted molar refractivity (Wildman–Crippen MR) is 60.1 cm³/mol. The van der Waals surface area contributed by atoms with E-state index in [9.17, 15) is 4.79 Å². The van der Waals surface area contributed by atoms with Gasteiger partial charge in [0.15, 0.2) is 0 Å². The maximum absolute atomic E-state index is 11.1. The van der Waals surface area contributed by atoms with Crippen LogP contribution in [0, 0.1) is 5.41 Å². The Hall–Kier alpha value is -0.665. The van der Waals surface area contributed by atoms with Gasteiger partial charge in [0.05, 0.1) is 0 Å². The van der Waals surface area contributed by atoms with Crippen LogP contribution >= 0.6 is 0 Å². The first-order valence-corrected chi connectivity index (χ1v) is 5.88. The summed E-state index contributed by atoms with van der Waals surface area (Å²) in [5.74, 6) is -0.872. The third kappa shape index (κ3) is 2.31. The van der Waals surface area contributed by atoms with Gasteiger partial charge in [-0.25, -0.2) is 0 Å². The van der Waals surface area contributed by atoms with Crippen LogP contribution < -0.4 is 10.6 Å². The van der Waals surface area contributed by atoms with E-state index in [0.29, 0.717) is 25.9 Å². The molecular weight excluding hydrogens is 227 g/mol. The maximum atomic E-state index is 11.1. The van der Waals surface area contributed by atoms with E-state index in [1.165, 1.54) is 0 Å². The molecule has 2 aliphatic heterocycles. The zero-order chi connectivity index (χ0) is 12.7. The summed E-state index contributed by atoms with van der Waals surface area (Å²) >= 11 is 0. The molecule has 0 saturated carbocycles. The lowest BCUT2D eigenvalue weighted by molar-refractivity contribution is -0.143.